The van der Waals surface area contributed by atoms with Crippen molar-refractivity contribution in [1.82, 2.24) is 5.32 Å². The number of amides is 1. The normalized spacial score (nSPS) is 13.1. The fourth-order valence-electron chi connectivity index (χ4n) is 3.75. The number of nitrogens with two attached hydrogens (primary N) is 1. The minimum atomic E-state index is -0.0194. The number of carbonyl (C=O) groups is 1. The van der Waals surface area contributed by atoms with Gasteiger partial charge in [-0.1, -0.05) is 79.6 Å². The minimum Gasteiger partial charge on any atom is -0.494 e. The summed E-state index contributed by atoms with van der Waals surface area (Å²) < 4.78 is 5.70. The zero-order valence-electron chi connectivity index (χ0n) is 24.3. The van der Waals surface area contributed by atoms with E-state index in [9.17, 15) is 4.79 Å². The zero-order valence-corrected chi connectivity index (χ0v) is 25.9. The molecule has 0 heterocycles. The summed E-state index contributed by atoms with van der Waals surface area (Å²) in [5, 5.41) is 4.94. The Kier molecular flexibility index (Phi) is 13.2. The second kappa shape index (κ2) is 15.8. The van der Waals surface area contributed by atoms with Crippen LogP contribution in [0.1, 0.15) is 77.5 Å². The largest absolute Gasteiger partial charge is 0.494 e. The van der Waals surface area contributed by atoms with Crippen LogP contribution in [0.4, 0.5) is 0 Å². The summed E-state index contributed by atoms with van der Waals surface area (Å²) >= 11 is 3.21. The third-order valence-electron chi connectivity index (χ3n) is 6.30. The summed E-state index contributed by atoms with van der Waals surface area (Å²) in [6, 6.07) is 12.4. The molecule has 0 aromatic heterocycles. The number of hydrogen-bond donors (Lipinski definition) is 2. The predicted molar refractivity (Wildman–Crippen MR) is 171 cm³/mol. The fourth-order valence-corrected chi connectivity index (χ4v) is 6.04. The van der Waals surface area contributed by atoms with E-state index in [4.69, 9.17) is 10.5 Å². The smallest absolute Gasteiger partial charge is 0.229 e. The van der Waals surface area contributed by atoms with Gasteiger partial charge in [0.1, 0.15) is 13.6 Å². The Morgan fingerprint density at radius 3 is 2.37 bits per heavy atom. The number of benzene rings is 2. The van der Waals surface area contributed by atoms with Crippen molar-refractivity contribution in [3.63, 3.8) is 0 Å². The summed E-state index contributed by atoms with van der Waals surface area (Å²) in [6.07, 6.45) is 5.01. The van der Waals surface area contributed by atoms with Crippen LogP contribution in [-0.4, -0.2) is 20.4 Å². The van der Waals surface area contributed by atoms with Crippen molar-refractivity contribution in [3.05, 3.63) is 80.4 Å². The molecule has 4 nitrogen and oxygen atoms in total. The number of allylic oxidation sites excluding steroid dienone is 3. The molecule has 0 atom stereocenters. The van der Waals surface area contributed by atoms with E-state index in [1.54, 1.807) is 23.5 Å². The second-order valence-electron chi connectivity index (χ2n) is 9.38. The maximum atomic E-state index is 13.3. The van der Waals surface area contributed by atoms with Gasteiger partial charge in [-0.15, -0.1) is 0 Å². The first-order valence-electron chi connectivity index (χ1n) is 13.5. The lowest BCUT2D eigenvalue weighted by atomic mass is 9.89. The third kappa shape index (κ3) is 9.35. The number of carbonyl (C=O) groups excluding carboxylic acids is 1. The summed E-state index contributed by atoms with van der Waals surface area (Å²) in [4.78, 5) is 15.5. The Hall–Kier alpha value is -2.51. The predicted octanol–water partition coefficient (Wildman–Crippen LogP) is 6.83. The molecule has 0 bridgehead atoms. The lowest BCUT2D eigenvalue weighted by molar-refractivity contribution is -0.119. The quantitative estimate of drug-likeness (QED) is 0.211. The van der Waals surface area contributed by atoms with Gasteiger partial charge in [0.25, 0.3) is 0 Å². The van der Waals surface area contributed by atoms with E-state index in [0.29, 0.717) is 13.0 Å². The highest BCUT2D eigenvalue weighted by Crippen LogP contribution is 2.38. The van der Waals surface area contributed by atoms with Gasteiger partial charge in [-0.05, 0) is 87.4 Å². The number of rotatable bonds is 13. The van der Waals surface area contributed by atoms with Crippen molar-refractivity contribution in [2.24, 2.45) is 5.73 Å². The Labute approximate surface area is 239 Å². The van der Waals surface area contributed by atoms with Gasteiger partial charge in [0, 0.05) is 9.80 Å². The van der Waals surface area contributed by atoms with Crippen LogP contribution in [0.5, 0.6) is 5.75 Å². The molecule has 204 valence electrons. The van der Waals surface area contributed by atoms with Gasteiger partial charge < -0.3 is 15.8 Å². The average molecular weight is 551 g/mol. The fraction of sp³-hybridized carbons (Fsp3) is 0.387. The van der Waals surface area contributed by atoms with E-state index in [2.05, 4.69) is 79.0 Å². The van der Waals surface area contributed by atoms with Gasteiger partial charge in [0.2, 0.25) is 5.91 Å². The lowest BCUT2D eigenvalue weighted by Crippen LogP contribution is -2.24. The first-order chi connectivity index (χ1) is 18.1. The van der Waals surface area contributed by atoms with Gasteiger partial charge in [0.15, 0.2) is 0 Å². The monoisotopic (exact) mass is 550 g/mol. The first kappa shape index (κ1) is 31.7. The molecule has 0 unspecified atom stereocenters. The summed E-state index contributed by atoms with van der Waals surface area (Å²) in [5.41, 5.74) is 13.0. The molecule has 3 N–H and O–H groups in total. The van der Waals surface area contributed by atoms with Crippen molar-refractivity contribution in [3.8, 4) is 5.75 Å². The van der Waals surface area contributed by atoms with Gasteiger partial charge in [0.05, 0.1) is 23.1 Å². The molecule has 0 saturated carbocycles. The van der Waals surface area contributed by atoms with Crippen molar-refractivity contribution in [2.45, 2.75) is 79.0 Å². The standard InChI is InChI=1S/C31H43BN2O2S2/c1-8-12-28(33)37-27-17-23(14-13-22(27)7)18-29(35)34-31(21(6)10-3)38-30(20(5)9-2)25-16-15-24(36-11-4)19-26(25)32/h12-17,19H,8-11,18,32-33H2,1-7H3,(H,34,35)/b28-12+,30-20-,31-21+. The average Bonchev–Trinajstić information content (AvgIpc) is 2.88. The van der Waals surface area contributed by atoms with E-state index >= 15 is 0 Å². The van der Waals surface area contributed by atoms with Crippen molar-refractivity contribution < 1.29 is 9.53 Å². The molecule has 0 spiro atoms. The number of ether oxygens (including phenoxy) is 1. The molecule has 2 aromatic rings. The van der Waals surface area contributed by atoms with Crippen LogP contribution in [-0.2, 0) is 11.2 Å². The molecule has 0 radical (unpaired) electrons. The Balaban J connectivity index is 2.30. The van der Waals surface area contributed by atoms with Crippen LogP contribution in [0.25, 0.3) is 4.91 Å². The summed E-state index contributed by atoms with van der Waals surface area (Å²) in [7, 11) is 2.12. The molecule has 0 fully saturated rings. The highest BCUT2D eigenvalue weighted by molar-refractivity contribution is 8.11. The second-order valence-corrected chi connectivity index (χ2v) is 11.5. The Morgan fingerprint density at radius 1 is 1.05 bits per heavy atom. The molecule has 7 heteroatoms. The molecule has 38 heavy (non-hydrogen) atoms. The number of hydrogen-bond acceptors (Lipinski definition) is 5. The van der Waals surface area contributed by atoms with E-state index in [1.165, 1.54) is 16.0 Å². The van der Waals surface area contributed by atoms with E-state index in [1.807, 2.05) is 25.1 Å². The van der Waals surface area contributed by atoms with Crippen LogP contribution in [0, 0.1) is 6.92 Å². The summed E-state index contributed by atoms with van der Waals surface area (Å²) in [6.45, 7) is 15.3. The van der Waals surface area contributed by atoms with Gasteiger partial charge >= 0.3 is 0 Å². The number of aryl methyl sites for hydroxylation is 1. The maximum absolute atomic E-state index is 13.3. The Bertz CT molecular complexity index is 1220. The van der Waals surface area contributed by atoms with Crippen LogP contribution in [0.2, 0.25) is 0 Å². The van der Waals surface area contributed by atoms with Gasteiger partial charge in [-0.2, -0.15) is 0 Å². The first-order valence-corrected chi connectivity index (χ1v) is 15.1. The van der Waals surface area contributed by atoms with E-state index in [0.717, 1.165) is 62.1 Å². The van der Waals surface area contributed by atoms with Gasteiger partial charge in [-0.25, -0.2) is 0 Å². The van der Waals surface area contributed by atoms with Crippen molar-refractivity contribution in [2.75, 3.05) is 6.61 Å². The van der Waals surface area contributed by atoms with Crippen LogP contribution < -0.4 is 21.3 Å². The highest BCUT2D eigenvalue weighted by atomic mass is 32.2. The van der Waals surface area contributed by atoms with Gasteiger partial charge in [-0.3, -0.25) is 4.79 Å². The minimum absolute atomic E-state index is 0.0194. The molecule has 0 aliphatic rings. The molecule has 2 aromatic carbocycles. The summed E-state index contributed by atoms with van der Waals surface area (Å²) in [5.74, 6) is 0.859. The third-order valence-corrected chi connectivity index (χ3v) is 8.79. The Morgan fingerprint density at radius 2 is 1.76 bits per heavy atom. The topological polar surface area (TPSA) is 64.3 Å². The van der Waals surface area contributed by atoms with Crippen LogP contribution in [0.3, 0.4) is 0 Å². The van der Waals surface area contributed by atoms with Crippen molar-refractivity contribution in [1.29, 1.82) is 0 Å². The number of nitrogens with one attached hydrogen (secondary N) is 1. The van der Waals surface area contributed by atoms with Crippen LogP contribution >= 0.6 is 23.5 Å². The number of thioether (sulfide) groups is 2. The molecule has 0 aliphatic heterocycles. The lowest BCUT2D eigenvalue weighted by Gasteiger charge is -2.19. The zero-order chi connectivity index (χ0) is 28.2. The van der Waals surface area contributed by atoms with Crippen LogP contribution in [0.15, 0.2) is 68.6 Å². The van der Waals surface area contributed by atoms with E-state index < -0.39 is 0 Å². The SMILES string of the molecule is Bc1cc(OCC)ccc1/C(S/C(NC(=O)Cc1ccc(C)c(S/C(N)=C/CC)c1)=C(\C)CC)=C(\C)CC. The van der Waals surface area contributed by atoms with Crippen molar-refractivity contribution >= 4 is 47.6 Å². The molecule has 2 rings (SSSR count). The maximum Gasteiger partial charge on any atom is 0.229 e. The van der Waals surface area contributed by atoms with E-state index in [-0.39, 0.29) is 5.91 Å². The molecule has 0 aliphatic carbocycles. The highest BCUT2D eigenvalue weighted by Gasteiger charge is 2.17. The molecule has 1 amide bonds. The molecule has 0 saturated heterocycles. The molecular weight excluding hydrogens is 507 g/mol. The molecular formula is C31H43BN2O2S2.